The molecule has 31 heavy (non-hydrogen) atoms. The van der Waals surface area contributed by atoms with Crippen molar-refractivity contribution in [2.45, 2.75) is 32.4 Å². The predicted molar refractivity (Wildman–Crippen MR) is 120 cm³/mol. The molecule has 6 nitrogen and oxygen atoms in total. The van der Waals surface area contributed by atoms with E-state index in [1.54, 1.807) is 14.2 Å². The van der Waals surface area contributed by atoms with E-state index in [4.69, 9.17) is 14.2 Å². The quantitative estimate of drug-likeness (QED) is 0.674. The minimum absolute atomic E-state index is 0.00473. The Balaban J connectivity index is 1.50. The number of ether oxygens (including phenoxy) is 3. The Morgan fingerprint density at radius 2 is 2.00 bits per heavy atom. The lowest BCUT2D eigenvalue weighted by Gasteiger charge is -2.29. The molecule has 0 fully saturated rings. The lowest BCUT2D eigenvalue weighted by molar-refractivity contribution is 0.0721. The first kappa shape index (κ1) is 19.5. The monoisotopic (exact) mass is 418 g/mol. The number of nitrogens with zero attached hydrogens (tertiary/aromatic N) is 1. The Hall–Kier alpha value is -3.41. The summed E-state index contributed by atoms with van der Waals surface area (Å²) >= 11 is 0. The smallest absolute Gasteiger partial charge is 0.270 e. The highest BCUT2D eigenvalue weighted by Gasteiger charge is 2.31. The predicted octanol–water partition coefficient (Wildman–Crippen LogP) is 4.57. The minimum Gasteiger partial charge on any atom is -0.497 e. The van der Waals surface area contributed by atoms with Crippen molar-refractivity contribution in [3.8, 4) is 17.2 Å². The minimum atomic E-state index is -0.332. The van der Waals surface area contributed by atoms with Crippen LogP contribution < -0.4 is 14.2 Å². The number of methoxy groups -OCH3 is 2. The molecule has 2 aliphatic heterocycles. The van der Waals surface area contributed by atoms with Crippen LogP contribution in [0, 0.1) is 0 Å². The molecule has 0 radical (unpaired) electrons. The highest BCUT2D eigenvalue weighted by Crippen LogP contribution is 2.40. The molecule has 5 rings (SSSR count). The Morgan fingerprint density at radius 3 is 2.77 bits per heavy atom. The fraction of sp³-hybridized carbons (Fsp3) is 0.320. The molecule has 0 spiro atoms. The summed E-state index contributed by atoms with van der Waals surface area (Å²) in [5.41, 5.74) is 4.37. The molecule has 2 aliphatic rings. The van der Waals surface area contributed by atoms with Crippen molar-refractivity contribution in [2.24, 2.45) is 0 Å². The first-order valence-electron chi connectivity index (χ1n) is 10.5. The van der Waals surface area contributed by atoms with Gasteiger partial charge in [-0.25, -0.2) is 0 Å². The molecule has 3 aromatic rings. The van der Waals surface area contributed by atoms with Crippen LogP contribution >= 0.6 is 0 Å². The van der Waals surface area contributed by atoms with Gasteiger partial charge in [-0.15, -0.1) is 0 Å². The summed E-state index contributed by atoms with van der Waals surface area (Å²) in [4.78, 5) is 18.6. The third-order valence-corrected chi connectivity index (χ3v) is 6.08. The summed E-state index contributed by atoms with van der Waals surface area (Å²) in [6, 6.07) is 9.67. The zero-order valence-corrected chi connectivity index (χ0v) is 18.2. The van der Waals surface area contributed by atoms with Gasteiger partial charge in [0.05, 0.1) is 14.2 Å². The van der Waals surface area contributed by atoms with Gasteiger partial charge in [0.2, 0.25) is 0 Å². The number of hydrogen-bond donors (Lipinski definition) is 1. The van der Waals surface area contributed by atoms with Crippen LogP contribution in [0.15, 0.2) is 36.4 Å². The van der Waals surface area contributed by atoms with Gasteiger partial charge in [-0.2, -0.15) is 0 Å². The molecule has 0 aliphatic carbocycles. The number of aromatic nitrogens is 1. The van der Waals surface area contributed by atoms with Crippen LogP contribution in [0.1, 0.15) is 41.0 Å². The highest BCUT2D eigenvalue weighted by atomic mass is 16.5. The van der Waals surface area contributed by atoms with Gasteiger partial charge >= 0.3 is 0 Å². The number of carbonyl (C=O) groups excluding carboxylic acids is 1. The summed E-state index contributed by atoms with van der Waals surface area (Å²) in [6.07, 6.45) is 4.97. The van der Waals surface area contributed by atoms with Crippen LogP contribution in [0.25, 0.3) is 17.0 Å². The summed E-state index contributed by atoms with van der Waals surface area (Å²) in [7, 11) is 3.26. The maximum atomic E-state index is 13.4. The Labute approximate surface area is 181 Å². The zero-order chi connectivity index (χ0) is 21.8. The van der Waals surface area contributed by atoms with Crippen LogP contribution in [0.3, 0.4) is 0 Å². The van der Waals surface area contributed by atoms with Crippen molar-refractivity contribution < 1.29 is 19.0 Å². The second-order valence-corrected chi connectivity index (χ2v) is 8.57. The van der Waals surface area contributed by atoms with E-state index in [-0.39, 0.29) is 11.5 Å². The molecule has 1 aromatic heterocycles. The van der Waals surface area contributed by atoms with Crippen LogP contribution in [0.5, 0.6) is 17.2 Å². The van der Waals surface area contributed by atoms with Crippen molar-refractivity contribution >= 4 is 22.9 Å². The SMILES string of the molecule is COc1ccc(CN2CCc3c([nH]c4ccc5c(c34)C=CC(C)(C)O5)C2=O)c(OC)c1. The molecule has 0 bridgehead atoms. The van der Waals surface area contributed by atoms with Gasteiger partial charge in [-0.1, -0.05) is 6.08 Å². The molecule has 1 N–H and O–H groups in total. The van der Waals surface area contributed by atoms with E-state index in [0.717, 1.165) is 45.5 Å². The number of H-pyrrole nitrogens is 1. The topological polar surface area (TPSA) is 63.8 Å². The maximum Gasteiger partial charge on any atom is 0.270 e. The van der Waals surface area contributed by atoms with Crippen molar-refractivity contribution in [2.75, 3.05) is 20.8 Å². The summed E-state index contributed by atoms with van der Waals surface area (Å²) in [5.74, 6) is 2.31. The number of rotatable bonds is 4. The average molecular weight is 418 g/mol. The van der Waals surface area contributed by atoms with Gasteiger partial charge < -0.3 is 24.1 Å². The number of benzene rings is 2. The first-order valence-corrected chi connectivity index (χ1v) is 10.5. The standard InChI is InChI=1S/C25H26N2O4/c1-25(2)11-9-17-20(31-25)8-7-19-22(17)18-10-12-27(24(28)23(18)26-19)14-15-5-6-16(29-3)13-21(15)30-4/h5-9,11,13,26H,10,12,14H2,1-4H3. The number of hydrogen-bond acceptors (Lipinski definition) is 4. The molecule has 6 heteroatoms. The normalized spacial score (nSPS) is 16.6. The van der Waals surface area contributed by atoms with Gasteiger partial charge in [0.25, 0.3) is 5.91 Å². The second-order valence-electron chi connectivity index (χ2n) is 8.57. The number of amides is 1. The van der Waals surface area contributed by atoms with Crippen LogP contribution in [0.4, 0.5) is 0 Å². The molecule has 3 heterocycles. The molecule has 0 atom stereocenters. The zero-order valence-electron chi connectivity index (χ0n) is 18.2. The summed E-state index contributed by atoms with van der Waals surface area (Å²) in [6.45, 7) is 5.21. The van der Waals surface area contributed by atoms with E-state index in [0.29, 0.717) is 24.5 Å². The summed E-state index contributed by atoms with van der Waals surface area (Å²) in [5, 5.41) is 1.09. The molecule has 0 saturated carbocycles. The van der Waals surface area contributed by atoms with E-state index in [9.17, 15) is 4.79 Å². The molecule has 0 saturated heterocycles. The fourth-order valence-corrected chi connectivity index (χ4v) is 4.50. The Kier molecular flexibility index (Phi) is 4.46. The van der Waals surface area contributed by atoms with Gasteiger partial charge in [0, 0.05) is 41.2 Å². The van der Waals surface area contributed by atoms with Crippen molar-refractivity contribution in [3.63, 3.8) is 0 Å². The molecular formula is C25H26N2O4. The third-order valence-electron chi connectivity index (χ3n) is 6.08. The van der Waals surface area contributed by atoms with Gasteiger partial charge in [0.15, 0.2) is 0 Å². The van der Waals surface area contributed by atoms with Crippen molar-refractivity contribution in [3.05, 3.63) is 58.8 Å². The number of aromatic amines is 1. The molecule has 0 unspecified atom stereocenters. The molecule has 160 valence electrons. The van der Waals surface area contributed by atoms with E-state index in [2.05, 4.69) is 17.1 Å². The Bertz CT molecular complexity index is 1220. The third kappa shape index (κ3) is 3.23. The van der Waals surface area contributed by atoms with E-state index in [1.807, 2.05) is 49.1 Å². The van der Waals surface area contributed by atoms with Crippen molar-refractivity contribution in [1.82, 2.24) is 9.88 Å². The lowest BCUT2D eigenvalue weighted by Crippen LogP contribution is -2.37. The fourth-order valence-electron chi connectivity index (χ4n) is 4.50. The van der Waals surface area contributed by atoms with Crippen LogP contribution in [-0.4, -0.2) is 42.2 Å². The van der Waals surface area contributed by atoms with Crippen LogP contribution in [-0.2, 0) is 13.0 Å². The molecular weight excluding hydrogens is 392 g/mol. The van der Waals surface area contributed by atoms with E-state index in [1.165, 1.54) is 0 Å². The largest absolute Gasteiger partial charge is 0.497 e. The number of fused-ring (bicyclic) bond motifs is 5. The highest BCUT2D eigenvalue weighted by molar-refractivity contribution is 6.05. The summed E-state index contributed by atoms with van der Waals surface area (Å²) < 4.78 is 16.9. The van der Waals surface area contributed by atoms with Crippen molar-refractivity contribution in [1.29, 1.82) is 0 Å². The van der Waals surface area contributed by atoms with E-state index < -0.39 is 0 Å². The Morgan fingerprint density at radius 1 is 1.16 bits per heavy atom. The first-order chi connectivity index (χ1) is 14.9. The maximum absolute atomic E-state index is 13.4. The van der Waals surface area contributed by atoms with Gasteiger partial charge in [-0.05, 0) is 56.2 Å². The lowest BCUT2D eigenvalue weighted by atomic mass is 9.95. The average Bonchev–Trinajstić information content (AvgIpc) is 3.14. The number of carbonyl (C=O) groups is 1. The van der Waals surface area contributed by atoms with E-state index >= 15 is 0 Å². The number of nitrogens with one attached hydrogen (secondary N) is 1. The van der Waals surface area contributed by atoms with Gasteiger partial charge in [0.1, 0.15) is 28.5 Å². The van der Waals surface area contributed by atoms with Gasteiger partial charge in [-0.3, -0.25) is 4.79 Å². The molecule has 2 aromatic carbocycles. The van der Waals surface area contributed by atoms with Crippen LogP contribution in [0.2, 0.25) is 0 Å². The molecule has 1 amide bonds. The second kappa shape index (κ2) is 7.08.